The zero-order chi connectivity index (χ0) is 14.1. The van der Waals surface area contributed by atoms with E-state index in [0.717, 1.165) is 47.4 Å². The summed E-state index contributed by atoms with van der Waals surface area (Å²) in [5, 5.41) is 6.61. The van der Waals surface area contributed by atoms with Crippen molar-refractivity contribution in [3.05, 3.63) is 28.9 Å². The summed E-state index contributed by atoms with van der Waals surface area (Å²) in [5.74, 6) is 2.68. The van der Waals surface area contributed by atoms with Gasteiger partial charge in [0.1, 0.15) is 5.82 Å². The zero-order valence-corrected chi connectivity index (χ0v) is 12.5. The van der Waals surface area contributed by atoms with Crippen LogP contribution in [0.4, 0.5) is 0 Å². The molecule has 3 aromatic heterocycles. The van der Waals surface area contributed by atoms with Gasteiger partial charge in [-0.1, -0.05) is 13.8 Å². The van der Waals surface area contributed by atoms with Gasteiger partial charge in [0.15, 0.2) is 16.6 Å². The normalized spacial score (nSPS) is 11.6. The number of rotatable bonds is 5. The van der Waals surface area contributed by atoms with Crippen molar-refractivity contribution in [2.24, 2.45) is 5.73 Å². The highest BCUT2D eigenvalue weighted by Crippen LogP contribution is 2.21. The van der Waals surface area contributed by atoms with Crippen molar-refractivity contribution >= 4 is 16.3 Å². The minimum absolute atomic E-state index is 0.591. The molecular formula is C13H18N6S. The molecule has 6 nitrogen and oxygen atoms in total. The summed E-state index contributed by atoms with van der Waals surface area (Å²) in [7, 11) is 0. The molecular weight excluding hydrogens is 272 g/mol. The topological polar surface area (TPSA) is 74.0 Å². The van der Waals surface area contributed by atoms with Crippen LogP contribution in [0.25, 0.3) is 10.8 Å². The summed E-state index contributed by atoms with van der Waals surface area (Å²) >= 11 is 1.62. The van der Waals surface area contributed by atoms with Gasteiger partial charge < -0.3 is 5.73 Å². The molecule has 3 rings (SSSR count). The fraction of sp³-hybridized carbons (Fsp3) is 0.462. The van der Waals surface area contributed by atoms with E-state index in [2.05, 4.69) is 28.3 Å². The van der Waals surface area contributed by atoms with Crippen LogP contribution in [0.15, 0.2) is 11.6 Å². The van der Waals surface area contributed by atoms with E-state index in [4.69, 9.17) is 10.7 Å². The SMILES string of the molecule is CCc1nc(CC)n(-c2nc3sccn3c2CCN)n1. The van der Waals surface area contributed by atoms with E-state index in [1.165, 1.54) is 0 Å². The maximum absolute atomic E-state index is 5.75. The molecule has 0 spiro atoms. The lowest BCUT2D eigenvalue weighted by molar-refractivity contribution is 0.756. The highest BCUT2D eigenvalue weighted by Gasteiger charge is 2.18. The van der Waals surface area contributed by atoms with Crippen LogP contribution in [0.1, 0.15) is 31.2 Å². The smallest absolute Gasteiger partial charge is 0.195 e. The Morgan fingerprint density at radius 3 is 2.80 bits per heavy atom. The Hall–Kier alpha value is -1.73. The Morgan fingerprint density at radius 1 is 1.25 bits per heavy atom. The Labute approximate surface area is 121 Å². The molecule has 20 heavy (non-hydrogen) atoms. The van der Waals surface area contributed by atoms with E-state index in [-0.39, 0.29) is 0 Å². The highest BCUT2D eigenvalue weighted by molar-refractivity contribution is 7.15. The minimum Gasteiger partial charge on any atom is -0.330 e. The quantitative estimate of drug-likeness (QED) is 0.774. The molecule has 0 fully saturated rings. The Morgan fingerprint density at radius 2 is 2.10 bits per heavy atom. The zero-order valence-electron chi connectivity index (χ0n) is 11.7. The fourth-order valence-electron chi connectivity index (χ4n) is 2.30. The molecule has 0 aliphatic carbocycles. The molecule has 7 heteroatoms. The standard InChI is InChI=1S/C13H18N6S/c1-3-10-15-11(4-2)19(17-10)12-9(5-6-14)18-7-8-20-13(18)16-12/h7-8H,3-6,14H2,1-2H3. The number of fused-ring (bicyclic) bond motifs is 1. The number of aromatic nitrogens is 5. The Balaban J connectivity index is 2.19. The van der Waals surface area contributed by atoms with Gasteiger partial charge in [0.25, 0.3) is 0 Å². The van der Waals surface area contributed by atoms with E-state index in [1.54, 1.807) is 11.3 Å². The molecule has 0 radical (unpaired) electrons. The van der Waals surface area contributed by atoms with Crippen LogP contribution in [0.2, 0.25) is 0 Å². The molecule has 0 saturated heterocycles. The third-order valence-electron chi connectivity index (χ3n) is 3.27. The van der Waals surface area contributed by atoms with Crippen molar-refractivity contribution in [3.8, 4) is 5.82 Å². The van der Waals surface area contributed by atoms with Crippen molar-refractivity contribution in [2.75, 3.05) is 6.54 Å². The Bertz CT molecular complexity index is 722. The van der Waals surface area contributed by atoms with Gasteiger partial charge in [-0.25, -0.2) is 4.98 Å². The first-order chi connectivity index (χ1) is 9.78. The predicted molar refractivity (Wildman–Crippen MR) is 79.5 cm³/mol. The van der Waals surface area contributed by atoms with Crippen LogP contribution >= 0.6 is 11.3 Å². The van der Waals surface area contributed by atoms with E-state index >= 15 is 0 Å². The summed E-state index contributed by atoms with van der Waals surface area (Å²) in [6.07, 6.45) is 4.47. The van der Waals surface area contributed by atoms with E-state index in [9.17, 15) is 0 Å². The number of thiazole rings is 1. The van der Waals surface area contributed by atoms with Crippen LogP contribution in [0, 0.1) is 0 Å². The second kappa shape index (κ2) is 5.34. The molecule has 0 saturated carbocycles. The van der Waals surface area contributed by atoms with Crippen molar-refractivity contribution in [3.63, 3.8) is 0 Å². The molecule has 106 valence electrons. The molecule has 0 atom stereocenters. The largest absolute Gasteiger partial charge is 0.330 e. The van der Waals surface area contributed by atoms with E-state index < -0.39 is 0 Å². The number of imidazole rings is 1. The molecule has 0 unspecified atom stereocenters. The highest BCUT2D eigenvalue weighted by atomic mass is 32.1. The van der Waals surface area contributed by atoms with Crippen molar-refractivity contribution < 1.29 is 0 Å². The van der Waals surface area contributed by atoms with Crippen LogP contribution in [-0.4, -0.2) is 30.7 Å². The first kappa shape index (κ1) is 13.3. The molecule has 3 heterocycles. The Kier molecular flexibility index (Phi) is 3.54. The summed E-state index contributed by atoms with van der Waals surface area (Å²) < 4.78 is 3.98. The third kappa shape index (κ3) is 2.03. The monoisotopic (exact) mass is 290 g/mol. The first-order valence-corrected chi connectivity index (χ1v) is 7.76. The van der Waals surface area contributed by atoms with E-state index in [1.807, 2.05) is 16.3 Å². The van der Waals surface area contributed by atoms with Gasteiger partial charge in [-0.05, 0) is 6.54 Å². The van der Waals surface area contributed by atoms with Gasteiger partial charge in [0.05, 0.1) is 5.69 Å². The lowest BCUT2D eigenvalue weighted by Gasteiger charge is -2.04. The number of nitrogens with two attached hydrogens (primary N) is 1. The van der Waals surface area contributed by atoms with Crippen LogP contribution in [0.5, 0.6) is 0 Å². The van der Waals surface area contributed by atoms with Gasteiger partial charge in [-0.3, -0.25) is 4.40 Å². The van der Waals surface area contributed by atoms with Gasteiger partial charge in [-0.15, -0.1) is 16.4 Å². The van der Waals surface area contributed by atoms with Crippen LogP contribution in [-0.2, 0) is 19.3 Å². The summed E-state index contributed by atoms with van der Waals surface area (Å²) in [5.41, 5.74) is 6.85. The van der Waals surface area contributed by atoms with Crippen molar-refractivity contribution in [2.45, 2.75) is 33.1 Å². The third-order valence-corrected chi connectivity index (χ3v) is 4.03. The summed E-state index contributed by atoms with van der Waals surface area (Å²) in [4.78, 5) is 10.2. The summed E-state index contributed by atoms with van der Waals surface area (Å²) in [6.45, 7) is 4.74. The lowest BCUT2D eigenvalue weighted by Crippen LogP contribution is -2.10. The number of nitrogens with zero attached hydrogens (tertiary/aromatic N) is 5. The fourth-order valence-corrected chi connectivity index (χ4v) is 3.03. The molecule has 0 aliphatic rings. The molecule has 3 aromatic rings. The first-order valence-electron chi connectivity index (χ1n) is 6.88. The average Bonchev–Trinajstić information content (AvgIpc) is 3.13. The maximum Gasteiger partial charge on any atom is 0.195 e. The van der Waals surface area contributed by atoms with E-state index in [0.29, 0.717) is 6.54 Å². The number of aryl methyl sites for hydroxylation is 2. The molecule has 0 aliphatic heterocycles. The number of hydrogen-bond acceptors (Lipinski definition) is 5. The summed E-state index contributed by atoms with van der Waals surface area (Å²) in [6, 6.07) is 0. The van der Waals surface area contributed by atoms with Crippen LogP contribution in [0.3, 0.4) is 0 Å². The van der Waals surface area contributed by atoms with Gasteiger partial charge in [0.2, 0.25) is 0 Å². The van der Waals surface area contributed by atoms with Crippen LogP contribution < -0.4 is 5.73 Å². The second-order valence-corrected chi connectivity index (χ2v) is 5.41. The predicted octanol–water partition coefficient (Wildman–Crippen LogP) is 1.60. The maximum atomic E-state index is 5.75. The van der Waals surface area contributed by atoms with Gasteiger partial charge >= 0.3 is 0 Å². The molecule has 0 aromatic carbocycles. The lowest BCUT2D eigenvalue weighted by atomic mass is 10.3. The van der Waals surface area contributed by atoms with Crippen molar-refractivity contribution in [1.29, 1.82) is 0 Å². The average molecular weight is 290 g/mol. The second-order valence-electron chi connectivity index (χ2n) is 4.54. The van der Waals surface area contributed by atoms with Crippen molar-refractivity contribution in [1.82, 2.24) is 24.1 Å². The number of hydrogen-bond donors (Lipinski definition) is 1. The molecule has 0 bridgehead atoms. The minimum atomic E-state index is 0.591. The van der Waals surface area contributed by atoms with Gasteiger partial charge in [0, 0.05) is 30.8 Å². The molecule has 0 amide bonds. The molecule has 2 N–H and O–H groups in total. The van der Waals surface area contributed by atoms with Gasteiger partial charge in [-0.2, -0.15) is 9.67 Å².